The summed E-state index contributed by atoms with van der Waals surface area (Å²) < 4.78 is 10.9. The Balaban J connectivity index is 3.02. The number of alkyl halides is 1. The first-order valence-electron chi connectivity index (χ1n) is 5.13. The van der Waals surface area contributed by atoms with E-state index in [2.05, 4.69) is 13.8 Å². The Kier molecular flexibility index (Phi) is 5.23. The zero-order valence-corrected chi connectivity index (χ0v) is 11.2. The number of ether oxygens (including phenoxy) is 2. The van der Waals surface area contributed by atoms with Crippen molar-refractivity contribution >= 4 is 23.2 Å². The van der Waals surface area contributed by atoms with Gasteiger partial charge in [0.1, 0.15) is 0 Å². The second-order valence-electron chi connectivity index (χ2n) is 3.93. The molecule has 0 unspecified atom stereocenters. The molecule has 0 aliphatic carbocycles. The molecule has 1 rings (SSSR count). The van der Waals surface area contributed by atoms with Crippen LogP contribution in [0.1, 0.15) is 19.4 Å². The minimum atomic E-state index is 0.352. The first-order valence-corrected chi connectivity index (χ1v) is 6.05. The van der Waals surface area contributed by atoms with Gasteiger partial charge in [-0.05, 0) is 12.0 Å². The monoisotopic (exact) mass is 262 g/mol. The van der Waals surface area contributed by atoms with Gasteiger partial charge in [-0.2, -0.15) is 0 Å². The van der Waals surface area contributed by atoms with Crippen molar-refractivity contribution in [3.8, 4) is 11.5 Å². The molecule has 0 fully saturated rings. The third kappa shape index (κ3) is 3.46. The van der Waals surface area contributed by atoms with E-state index in [1.54, 1.807) is 19.2 Å². The summed E-state index contributed by atoms with van der Waals surface area (Å²) in [7, 11) is 1.59. The fourth-order valence-corrected chi connectivity index (χ4v) is 1.72. The highest BCUT2D eigenvalue weighted by atomic mass is 35.5. The van der Waals surface area contributed by atoms with Crippen molar-refractivity contribution in [2.45, 2.75) is 19.7 Å². The summed E-state index contributed by atoms with van der Waals surface area (Å²) in [5.41, 5.74) is 0.853. The van der Waals surface area contributed by atoms with Gasteiger partial charge in [0.15, 0.2) is 11.5 Å². The van der Waals surface area contributed by atoms with Gasteiger partial charge >= 0.3 is 0 Å². The van der Waals surface area contributed by atoms with Gasteiger partial charge < -0.3 is 9.47 Å². The molecule has 1 aromatic rings. The van der Waals surface area contributed by atoms with E-state index < -0.39 is 0 Å². The molecule has 2 nitrogen and oxygen atoms in total. The molecular formula is C12H16Cl2O2. The van der Waals surface area contributed by atoms with Crippen LogP contribution >= 0.6 is 23.2 Å². The maximum atomic E-state index is 5.95. The Labute approximate surface area is 106 Å². The molecule has 0 atom stereocenters. The van der Waals surface area contributed by atoms with Gasteiger partial charge in [0, 0.05) is 16.7 Å². The van der Waals surface area contributed by atoms with Gasteiger partial charge in [-0.25, -0.2) is 0 Å². The van der Waals surface area contributed by atoms with E-state index in [1.165, 1.54) is 0 Å². The third-order valence-electron chi connectivity index (χ3n) is 2.02. The number of halogens is 2. The predicted molar refractivity (Wildman–Crippen MR) is 67.9 cm³/mol. The molecule has 0 saturated heterocycles. The van der Waals surface area contributed by atoms with Crippen LogP contribution in [0.25, 0.3) is 0 Å². The molecule has 0 bridgehead atoms. The number of methoxy groups -OCH3 is 1. The second-order valence-corrected chi connectivity index (χ2v) is 4.64. The molecule has 0 aliphatic rings. The smallest absolute Gasteiger partial charge is 0.165 e. The molecule has 0 aliphatic heterocycles. The van der Waals surface area contributed by atoms with E-state index in [0.29, 0.717) is 34.9 Å². The lowest BCUT2D eigenvalue weighted by Gasteiger charge is -2.15. The topological polar surface area (TPSA) is 18.5 Å². The minimum absolute atomic E-state index is 0.352. The van der Waals surface area contributed by atoms with E-state index in [4.69, 9.17) is 32.7 Å². The molecule has 0 heterocycles. The van der Waals surface area contributed by atoms with Gasteiger partial charge in [0.2, 0.25) is 0 Å². The summed E-state index contributed by atoms with van der Waals surface area (Å²) in [6.45, 7) is 4.80. The van der Waals surface area contributed by atoms with Crippen LogP contribution in [-0.4, -0.2) is 13.7 Å². The highest BCUT2D eigenvalue weighted by Gasteiger charge is 2.12. The molecule has 90 valence electrons. The summed E-state index contributed by atoms with van der Waals surface area (Å²) in [4.78, 5) is 0. The summed E-state index contributed by atoms with van der Waals surface area (Å²) in [6.07, 6.45) is 0. The van der Waals surface area contributed by atoms with E-state index in [1.807, 2.05) is 0 Å². The van der Waals surface area contributed by atoms with Crippen LogP contribution in [0.2, 0.25) is 5.02 Å². The lowest BCUT2D eigenvalue weighted by molar-refractivity contribution is 0.255. The maximum absolute atomic E-state index is 5.95. The van der Waals surface area contributed by atoms with Crippen molar-refractivity contribution in [2.24, 2.45) is 5.92 Å². The zero-order valence-electron chi connectivity index (χ0n) is 9.72. The van der Waals surface area contributed by atoms with Crippen LogP contribution in [0.4, 0.5) is 0 Å². The lowest BCUT2D eigenvalue weighted by Crippen LogP contribution is -2.07. The van der Waals surface area contributed by atoms with Crippen molar-refractivity contribution in [3.05, 3.63) is 22.7 Å². The minimum Gasteiger partial charge on any atom is -0.493 e. The maximum Gasteiger partial charge on any atom is 0.165 e. The Morgan fingerprint density at radius 1 is 1.31 bits per heavy atom. The van der Waals surface area contributed by atoms with Gasteiger partial charge in [-0.1, -0.05) is 25.4 Å². The SMILES string of the molecule is COc1cc(Cl)cc(CCl)c1OCC(C)C. The molecular weight excluding hydrogens is 247 g/mol. The number of benzene rings is 1. The molecule has 1 aromatic carbocycles. The largest absolute Gasteiger partial charge is 0.493 e. The normalized spacial score (nSPS) is 10.6. The highest BCUT2D eigenvalue weighted by molar-refractivity contribution is 6.31. The van der Waals surface area contributed by atoms with Gasteiger partial charge in [0.05, 0.1) is 19.6 Å². The Morgan fingerprint density at radius 3 is 2.50 bits per heavy atom. The quantitative estimate of drug-likeness (QED) is 0.744. The summed E-state index contributed by atoms with van der Waals surface area (Å²) in [6, 6.07) is 3.53. The second kappa shape index (κ2) is 6.21. The fraction of sp³-hybridized carbons (Fsp3) is 0.500. The van der Waals surface area contributed by atoms with Crippen molar-refractivity contribution in [2.75, 3.05) is 13.7 Å². The average molecular weight is 263 g/mol. The van der Waals surface area contributed by atoms with E-state index in [9.17, 15) is 0 Å². The summed E-state index contributed by atoms with van der Waals surface area (Å²) in [5, 5.41) is 0.601. The molecule has 0 radical (unpaired) electrons. The third-order valence-corrected chi connectivity index (χ3v) is 2.53. The summed E-state index contributed by atoms with van der Waals surface area (Å²) in [5.74, 6) is 2.12. The van der Waals surface area contributed by atoms with Crippen molar-refractivity contribution in [1.82, 2.24) is 0 Å². The number of hydrogen-bond acceptors (Lipinski definition) is 2. The van der Waals surface area contributed by atoms with Crippen LogP contribution in [0.3, 0.4) is 0 Å². The first kappa shape index (κ1) is 13.5. The fourth-order valence-electron chi connectivity index (χ4n) is 1.29. The number of rotatable bonds is 5. The number of hydrogen-bond donors (Lipinski definition) is 0. The van der Waals surface area contributed by atoms with Crippen LogP contribution in [0.15, 0.2) is 12.1 Å². The van der Waals surface area contributed by atoms with Crippen LogP contribution in [0.5, 0.6) is 11.5 Å². The van der Waals surface area contributed by atoms with Crippen molar-refractivity contribution in [3.63, 3.8) is 0 Å². The highest BCUT2D eigenvalue weighted by Crippen LogP contribution is 2.35. The van der Waals surface area contributed by atoms with Crippen molar-refractivity contribution in [1.29, 1.82) is 0 Å². The van der Waals surface area contributed by atoms with E-state index in [-0.39, 0.29) is 0 Å². The van der Waals surface area contributed by atoms with Crippen LogP contribution in [0, 0.1) is 5.92 Å². The molecule has 4 heteroatoms. The van der Waals surface area contributed by atoms with Crippen LogP contribution in [-0.2, 0) is 5.88 Å². The molecule has 0 spiro atoms. The van der Waals surface area contributed by atoms with Gasteiger partial charge in [0.25, 0.3) is 0 Å². The van der Waals surface area contributed by atoms with Crippen molar-refractivity contribution < 1.29 is 9.47 Å². The first-order chi connectivity index (χ1) is 7.58. The molecule has 16 heavy (non-hydrogen) atoms. The summed E-state index contributed by atoms with van der Waals surface area (Å²) >= 11 is 11.8. The molecule has 0 aromatic heterocycles. The Bertz CT molecular complexity index is 326. The van der Waals surface area contributed by atoms with Gasteiger partial charge in [-0.15, -0.1) is 11.6 Å². The lowest BCUT2D eigenvalue weighted by atomic mass is 10.2. The zero-order chi connectivity index (χ0) is 12.1. The standard InChI is InChI=1S/C12H16Cl2O2/c1-8(2)7-16-12-9(6-13)4-10(14)5-11(12)15-3/h4-5,8H,6-7H2,1-3H3. The van der Waals surface area contributed by atoms with E-state index in [0.717, 1.165) is 5.56 Å². The average Bonchev–Trinajstić information content (AvgIpc) is 2.25. The Morgan fingerprint density at radius 2 is 2.00 bits per heavy atom. The molecule has 0 saturated carbocycles. The predicted octanol–water partition coefficient (Wildman–Crippen LogP) is 4.12. The molecule has 0 N–H and O–H groups in total. The Hall–Kier alpha value is -0.600. The van der Waals surface area contributed by atoms with Crippen LogP contribution < -0.4 is 9.47 Å². The van der Waals surface area contributed by atoms with Gasteiger partial charge in [-0.3, -0.25) is 0 Å². The molecule has 0 amide bonds. The van der Waals surface area contributed by atoms with E-state index >= 15 is 0 Å².